The molecule has 1 aromatic carbocycles. The van der Waals surface area contributed by atoms with Gasteiger partial charge in [-0.1, -0.05) is 32.0 Å². The number of aliphatic hydroxyl groups is 1. The fourth-order valence-electron chi connectivity index (χ4n) is 3.99. The predicted molar refractivity (Wildman–Crippen MR) is 141 cm³/mol. The highest BCUT2D eigenvalue weighted by Crippen LogP contribution is 2.19. The Morgan fingerprint density at radius 1 is 0.897 bits per heavy atom. The van der Waals surface area contributed by atoms with E-state index in [1.165, 1.54) is 6.92 Å². The Hall–Kier alpha value is -3.97. The van der Waals surface area contributed by atoms with Gasteiger partial charge in [0.15, 0.2) is 0 Å². The summed E-state index contributed by atoms with van der Waals surface area (Å²) in [5.74, 6) is -5.03. The maximum absolute atomic E-state index is 13.1. The zero-order valence-electron chi connectivity index (χ0n) is 22.1. The maximum Gasteiger partial charge on any atom is 0.326 e. The number of aliphatic carboxylic acids is 2. The minimum absolute atomic E-state index is 0.0616. The van der Waals surface area contributed by atoms with Crippen LogP contribution in [0.4, 0.5) is 0 Å². The third-order valence-corrected chi connectivity index (χ3v) is 6.16. The molecule has 13 heteroatoms. The van der Waals surface area contributed by atoms with Gasteiger partial charge >= 0.3 is 11.9 Å². The Labute approximate surface area is 225 Å². The Kier molecular flexibility index (Phi) is 11.4. The van der Waals surface area contributed by atoms with E-state index in [-0.39, 0.29) is 25.2 Å². The predicted octanol–water partition coefficient (Wildman–Crippen LogP) is -0.132. The van der Waals surface area contributed by atoms with Crippen molar-refractivity contribution in [3.05, 3.63) is 36.0 Å². The van der Waals surface area contributed by atoms with Crippen LogP contribution >= 0.6 is 0 Å². The number of hydrogen-bond donors (Lipinski definition) is 8. The monoisotopic (exact) mass is 547 g/mol. The molecule has 5 unspecified atom stereocenters. The van der Waals surface area contributed by atoms with Crippen LogP contribution < -0.4 is 21.7 Å². The number of nitrogens with two attached hydrogens (primary N) is 1. The molecule has 0 aliphatic rings. The smallest absolute Gasteiger partial charge is 0.326 e. The SMILES string of the molecule is CC(C)CC(NC(=O)C(N)C(C)O)C(=O)NC(CCC(=O)O)C(=O)NC(Cc1c[nH]c2ccccc12)C(=O)O. The van der Waals surface area contributed by atoms with E-state index in [0.29, 0.717) is 5.56 Å². The molecule has 0 fully saturated rings. The lowest BCUT2D eigenvalue weighted by Crippen LogP contribution is -2.58. The third-order valence-electron chi connectivity index (χ3n) is 6.16. The Morgan fingerprint density at radius 3 is 2.08 bits per heavy atom. The van der Waals surface area contributed by atoms with Crippen molar-refractivity contribution in [3.63, 3.8) is 0 Å². The van der Waals surface area contributed by atoms with Gasteiger partial charge in [-0.25, -0.2) is 4.79 Å². The van der Waals surface area contributed by atoms with E-state index in [0.717, 1.165) is 10.9 Å². The Morgan fingerprint density at radius 2 is 1.49 bits per heavy atom. The molecule has 214 valence electrons. The molecule has 0 aliphatic heterocycles. The number of para-hydroxylation sites is 1. The van der Waals surface area contributed by atoms with Crippen molar-refractivity contribution < 1.29 is 39.3 Å². The standard InChI is InChI=1S/C26H37N5O8/c1-13(2)10-19(30-25(37)22(27)14(3)32)24(36)29-18(8-9-21(33)34)23(35)31-20(26(38)39)11-15-12-28-17-7-5-4-6-16(15)17/h4-7,12-14,18-20,22,28,32H,8-11,27H2,1-3H3,(H,29,36)(H,30,37)(H,31,35)(H,33,34)(H,38,39). The quantitative estimate of drug-likeness (QED) is 0.148. The van der Waals surface area contributed by atoms with Gasteiger partial charge in [0.05, 0.1) is 6.10 Å². The normalized spacial score (nSPS) is 15.1. The number of carboxylic acids is 2. The molecule has 0 bridgehead atoms. The van der Waals surface area contributed by atoms with Crippen LogP contribution in [0, 0.1) is 5.92 Å². The Bertz CT molecular complexity index is 1180. The molecule has 9 N–H and O–H groups in total. The van der Waals surface area contributed by atoms with Crippen LogP contribution in [-0.2, 0) is 30.4 Å². The first-order valence-corrected chi connectivity index (χ1v) is 12.6. The van der Waals surface area contributed by atoms with Gasteiger partial charge in [0, 0.05) is 29.9 Å². The number of hydrogen-bond acceptors (Lipinski definition) is 7. The molecule has 13 nitrogen and oxygen atoms in total. The molecule has 0 aliphatic carbocycles. The van der Waals surface area contributed by atoms with E-state index in [1.54, 1.807) is 26.1 Å². The molecule has 5 atom stereocenters. The van der Waals surface area contributed by atoms with Crippen molar-refractivity contribution in [1.82, 2.24) is 20.9 Å². The van der Waals surface area contributed by atoms with Crippen molar-refractivity contribution in [1.29, 1.82) is 0 Å². The topological polar surface area (TPSA) is 224 Å². The molecule has 2 aromatic rings. The summed E-state index contributed by atoms with van der Waals surface area (Å²) in [5, 5.41) is 36.6. The number of rotatable bonds is 15. The second-order valence-corrected chi connectivity index (χ2v) is 9.91. The first kappa shape index (κ1) is 31.2. The maximum atomic E-state index is 13.1. The number of amides is 3. The summed E-state index contributed by atoms with van der Waals surface area (Å²) in [6, 6.07) is 2.07. The molecule has 1 heterocycles. The van der Waals surface area contributed by atoms with E-state index in [2.05, 4.69) is 20.9 Å². The van der Waals surface area contributed by atoms with Gasteiger partial charge in [-0.3, -0.25) is 19.2 Å². The van der Waals surface area contributed by atoms with E-state index in [9.17, 15) is 34.2 Å². The Balaban J connectivity index is 2.21. The molecule has 1 aromatic heterocycles. The number of aromatic amines is 1. The number of carbonyl (C=O) groups excluding carboxylic acids is 3. The number of nitrogens with one attached hydrogen (secondary N) is 4. The molecular weight excluding hydrogens is 510 g/mol. The first-order chi connectivity index (χ1) is 18.3. The number of carbonyl (C=O) groups is 5. The number of fused-ring (bicyclic) bond motifs is 1. The van der Waals surface area contributed by atoms with Gasteiger partial charge < -0.3 is 42.0 Å². The highest BCUT2D eigenvalue weighted by molar-refractivity contribution is 5.94. The average molecular weight is 548 g/mol. The van der Waals surface area contributed by atoms with E-state index in [4.69, 9.17) is 10.8 Å². The number of aliphatic hydroxyl groups excluding tert-OH is 1. The van der Waals surface area contributed by atoms with E-state index < -0.39 is 66.4 Å². The summed E-state index contributed by atoms with van der Waals surface area (Å²) >= 11 is 0. The van der Waals surface area contributed by atoms with Gasteiger partial charge in [-0.2, -0.15) is 0 Å². The van der Waals surface area contributed by atoms with Gasteiger partial charge in [0.2, 0.25) is 17.7 Å². The molecule has 0 saturated heterocycles. The zero-order chi connectivity index (χ0) is 29.3. The van der Waals surface area contributed by atoms with Crippen LogP contribution in [0.15, 0.2) is 30.5 Å². The van der Waals surface area contributed by atoms with Crippen LogP contribution in [0.1, 0.15) is 45.6 Å². The molecule has 3 amide bonds. The summed E-state index contributed by atoms with van der Waals surface area (Å²) in [7, 11) is 0. The number of aromatic nitrogens is 1. The molecule has 0 radical (unpaired) electrons. The molecule has 2 rings (SSSR count). The van der Waals surface area contributed by atoms with Gasteiger partial charge in [0.1, 0.15) is 24.2 Å². The van der Waals surface area contributed by atoms with Crippen molar-refractivity contribution in [2.45, 2.75) is 76.7 Å². The summed E-state index contributed by atoms with van der Waals surface area (Å²) in [6.07, 6.45) is -0.224. The molecule has 39 heavy (non-hydrogen) atoms. The van der Waals surface area contributed by atoms with Crippen LogP contribution in [-0.4, -0.2) is 80.2 Å². The summed E-state index contributed by atoms with van der Waals surface area (Å²) in [5.41, 5.74) is 7.11. The van der Waals surface area contributed by atoms with Crippen LogP contribution in [0.25, 0.3) is 10.9 Å². The first-order valence-electron chi connectivity index (χ1n) is 12.6. The summed E-state index contributed by atoms with van der Waals surface area (Å²) in [6.45, 7) is 4.93. The van der Waals surface area contributed by atoms with Gasteiger partial charge in [-0.05, 0) is 37.3 Å². The lowest BCUT2D eigenvalue weighted by molar-refractivity contribution is -0.143. The van der Waals surface area contributed by atoms with Crippen LogP contribution in [0.5, 0.6) is 0 Å². The fraction of sp³-hybridized carbons (Fsp3) is 0.500. The highest BCUT2D eigenvalue weighted by atomic mass is 16.4. The second-order valence-electron chi connectivity index (χ2n) is 9.91. The lowest BCUT2D eigenvalue weighted by Gasteiger charge is -2.26. The van der Waals surface area contributed by atoms with Crippen molar-refractivity contribution in [3.8, 4) is 0 Å². The van der Waals surface area contributed by atoms with Crippen LogP contribution in [0.3, 0.4) is 0 Å². The van der Waals surface area contributed by atoms with E-state index in [1.807, 2.05) is 18.2 Å². The average Bonchev–Trinajstić information content (AvgIpc) is 3.27. The molecule has 0 saturated carbocycles. The van der Waals surface area contributed by atoms with E-state index >= 15 is 0 Å². The largest absolute Gasteiger partial charge is 0.481 e. The number of benzene rings is 1. The number of H-pyrrole nitrogens is 1. The second kappa shape index (κ2) is 14.3. The highest BCUT2D eigenvalue weighted by Gasteiger charge is 2.32. The molecule has 0 spiro atoms. The summed E-state index contributed by atoms with van der Waals surface area (Å²) in [4.78, 5) is 64.9. The minimum Gasteiger partial charge on any atom is -0.481 e. The van der Waals surface area contributed by atoms with Crippen molar-refractivity contribution >= 4 is 40.6 Å². The summed E-state index contributed by atoms with van der Waals surface area (Å²) < 4.78 is 0. The van der Waals surface area contributed by atoms with Crippen molar-refractivity contribution in [2.75, 3.05) is 0 Å². The lowest BCUT2D eigenvalue weighted by atomic mass is 10.0. The fourth-order valence-corrected chi connectivity index (χ4v) is 3.99. The minimum atomic E-state index is -1.39. The van der Waals surface area contributed by atoms with Crippen molar-refractivity contribution in [2.24, 2.45) is 11.7 Å². The third kappa shape index (κ3) is 9.37. The number of carboxylic acid groups (broad SMARTS) is 2. The zero-order valence-corrected chi connectivity index (χ0v) is 22.1. The van der Waals surface area contributed by atoms with Gasteiger partial charge in [-0.15, -0.1) is 0 Å². The molecular formula is C26H37N5O8. The van der Waals surface area contributed by atoms with Gasteiger partial charge in [0.25, 0.3) is 0 Å². The van der Waals surface area contributed by atoms with Crippen LogP contribution in [0.2, 0.25) is 0 Å².